The van der Waals surface area contributed by atoms with Gasteiger partial charge >= 0.3 is 6.18 Å². The van der Waals surface area contributed by atoms with Crippen LogP contribution in [0.1, 0.15) is 5.56 Å². The van der Waals surface area contributed by atoms with Crippen molar-refractivity contribution in [1.29, 1.82) is 0 Å². The molecule has 0 spiro atoms. The van der Waals surface area contributed by atoms with E-state index in [1.54, 1.807) is 0 Å². The minimum atomic E-state index is -4.24. The molecule has 0 aliphatic rings. The minimum Gasteiger partial charge on any atom is -0.370 e. The number of nitrogens with zero attached hydrogens (tertiary/aromatic N) is 1. The lowest BCUT2D eigenvalue weighted by Crippen LogP contribution is -2.18. The largest absolute Gasteiger partial charge is 0.411 e. The van der Waals surface area contributed by atoms with Crippen LogP contribution in [0.3, 0.4) is 0 Å². The van der Waals surface area contributed by atoms with Gasteiger partial charge in [-0.1, -0.05) is 0 Å². The Balaban J connectivity index is 2.21. The lowest BCUT2D eigenvalue weighted by atomic mass is 10.3. The molecule has 0 bridgehead atoms. The van der Waals surface area contributed by atoms with Gasteiger partial charge in [0.05, 0.1) is 6.61 Å². The van der Waals surface area contributed by atoms with E-state index < -0.39 is 12.8 Å². The zero-order chi connectivity index (χ0) is 12.0. The molecule has 0 fully saturated rings. The Kier molecular flexibility index (Phi) is 4.82. The molecule has 1 N–H and O–H groups in total. The van der Waals surface area contributed by atoms with E-state index in [4.69, 9.17) is 0 Å². The fourth-order valence-electron chi connectivity index (χ4n) is 1.30. The van der Waals surface area contributed by atoms with Crippen LogP contribution in [-0.2, 0) is 17.8 Å². The van der Waals surface area contributed by atoms with Gasteiger partial charge in [-0.15, -0.1) is 0 Å². The van der Waals surface area contributed by atoms with Gasteiger partial charge in [-0.3, -0.25) is 0 Å². The van der Waals surface area contributed by atoms with E-state index in [0.29, 0.717) is 6.54 Å². The summed E-state index contributed by atoms with van der Waals surface area (Å²) in [6.07, 6.45) is -0.537. The SMILES string of the molecule is CNCc1ccn(CCOCC(F)(F)F)c1. The van der Waals surface area contributed by atoms with Crippen LogP contribution in [0.5, 0.6) is 0 Å². The molecule has 1 heterocycles. The molecule has 0 aliphatic heterocycles. The third kappa shape index (κ3) is 5.18. The number of halogens is 3. The van der Waals surface area contributed by atoms with Crippen LogP contribution in [0, 0.1) is 0 Å². The van der Waals surface area contributed by atoms with Crippen LogP contribution in [0.15, 0.2) is 18.5 Å². The van der Waals surface area contributed by atoms with Gasteiger partial charge in [0, 0.05) is 25.5 Å². The number of hydrogen-bond donors (Lipinski definition) is 1. The third-order valence-corrected chi connectivity index (χ3v) is 1.95. The quantitative estimate of drug-likeness (QED) is 0.762. The van der Waals surface area contributed by atoms with E-state index >= 15 is 0 Å². The first-order valence-electron chi connectivity index (χ1n) is 4.95. The van der Waals surface area contributed by atoms with Crippen molar-refractivity contribution in [1.82, 2.24) is 9.88 Å². The summed E-state index contributed by atoms with van der Waals surface area (Å²) in [6, 6.07) is 1.92. The summed E-state index contributed by atoms with van der Waals surface area (Å²) in [6.45, 7) is 0.0566. The highest BCUT2D eigenvalue weighted by atomic mass is 19.4. The van der Waals surface area contributed by atoms with Crippen LogP contribution in [0.4, 0.5) is 13.2 Å². The molecule has 0 unspecified atom stereocenters. The second-order valence-electron chi connectivity index (χ2n) is 3.46. The molecule has 0 atom stereocenters. The second kappa shape index (κ2) is 5.91. The van der Waals surface area contributed by atoms with E-state index in [2.05, 4.69) is 10.1 Å². The Morgan fingerprint density at radius 2 is 2.19 bits per heavy atom. The Morgan fingerprint density at radius 1 is 1.44 bits per heavy atom. The highest BCUT2D eigenvalue weighted by molar-refractivity contribution is 5.09. The molecular weight excluding hydrogens is 221 g/mol. The number of nitrogens with one attached hydrogen (secondary N) is 1. The third-order valence-electron chi connectivity index (χ3n) is 1.95. The zero-order valence-electron chi connectivity index (χ0n) is 9.05. The molecule has 0 aliphatic carbocycles. The highest BCUT2D eigenvalue weighted by Gasteiger charge is 2.27. The fraction of sp³-hybridized carbons (Fsp3) is 0.600. The van der Waals surface area contributed by atoms with Gasteiger partial charge in [-0.2, -0.15) is 13.2 Å². The average Bonchev–Trinajstić information content (AvgIpc) is 2.60. The van der Waals surface area contributed by atoms with E-state index in [1.807, 2.05) is 30.1 Å². The number of aromatic nitrogens is 1. The van der Waals surface area contributed by atoms with Gasteiger partial charge in [0.1, 0.15) is 6.61 Å². The van der Waals surface area contributed by atoms with Crippen molar-refractivity contribution in [2.24, 2.45) is 0 Å². The van der Waals surface area contributed by atoms with Gasteiger partial charge in [0.2, 0.25) is 0 Å². The molecule has 6 heteroatoms. The van der Waals surface area contributed by atoms with Gasteiger partial charge in [-0.05, 0) is 18.7 Å². The maximum atomic E-state index is 11.7. The molecule has 1 aromatic heterocycles. The maximum absolute atomic E-state index is 11.7. The summed E-state index contributed by atoms with van der Waals surface area (Å²) in [5.74, 6) is 0. The minimum absolute atomic E-state index is 0.0627. The highest BCUT2D eigenvalue weighted by Crippen LogP contribution is 2.14. The van der Waals surface area contributed by atoms with Gasteiger partial charge < -0.3 is 14.6 Å². The van der Waals surface area contributed by atoms with Crippen molar-refractivity contribution in [2.45, 2.75) is 19.3 Å². The first-order valence-corrected chi connectivity index (χ1v) is 4.95. The van der Waals surface area contributed by atoms with E-state index in [0.717, 1.165) is 12.1 Å². The average molecular weight is 236 g/mol. The van der Waals surface area contributed by atoms with Gasteiger partial charge in [-0.25, -0.2) is 0 Å². The number of hydrogen-bond acceptors (Lipinski definition) is 2. The fourth-order valence-corrected chi connectivity index (χ4v) is 1.30. The summed E-state index contributed by atoms with van der Waals surface area (Å²) >= 11 is 0. The van der Waals surface area contributed by atoms with Gasteiger partial charge in [0.25, 0.3) is 0 Å². The summed E-state index contributed by atoms with van der Waals surface area (Å²) < 4.78 is 41.6. The number of alkyl halides is 3. The lowest BCUT2D eigenvalue weighted by molar-refractivity contribution is -0.174. The Morgan fingerprint density at radius 3 is 2.81 bits per heavy atom. The second-order valence-corrected chi connectivity index (χ2v) is 3.46. The molecule has 0 amide bonds. The molecule has 3 nitrogen and oxygen atoms in total. The van der Waals surface area contributed by atoms with Crippen LogP contribution >= 0.6 is 0 Å². The first-order chi connectivity index (χ1) is 7.51. The summed E-state index contributed by atoms with van der Waals surface area (Å²) in [5.41, 5.74) is 1.10. The van der Waals surface area contributed by atoms with Crippen LogP contribution in [0.2, 0.25) is 0 Å². The van der Waals surface area contributed by atoms with Crippen LogP contribution in [-0.4, -0.2) is 31.0 Å². The van der Waals surface area contributed by atoms with Crippen molar-refractivity contribution in [3.63, 3.8) is 0 Å². The molecule has 0 saturated carbocycles. The number of ether oxygens (including phenoxy) is 1. The molecule has 1 aromatic rings. The normalized spacial score (nSPS) is 12.0. The maximum Gasteiger partial charge on any atom is 0.411 e. The topological polar surface area (TPSA) is 26.2 Å². The monoisotopic (exact) mass is 236 g/mol. The molecular formula is C10H15F3N2O. The molecule has 0 aromatic carbocycles. The van der Waals surface area contributed by atoms with E-state index in [1.165, 1.54) is 0 Å². The van der Waals surface area contributed by atoms with Crippen molar-refractivity contribution < 1.29 is 17.9 Å². The number of rotatable bonds is 6. The summed E-state index contributed by atoms with van der Waals surface area (Å²) in [5, 5.41) is 2.99. The standard InChI is InChI=1S/C10H15F3N2O/c1-14-6-9-2-3-15(7-9)4-5-16-8-10(11,12)13/h2-3,7,14H,4-6,8H2,1H3. The van der Waals surface area contributed by atoms with Gasteiger partial charge in [0.15, 0.2) is 0 Å². The predicted molar refractivity (Wildman–Crippen MR) is 54.1 cm³/mol. The molecule has 1 rings (SSSR count). The Hall–Kier alpha value is -1.01. The van der Waals surface area contributed by atoms with E-state index in [-0.39, 0.29) is 6.61 Å². The summed E-state index contributed by atoms with van der Waals surface area (Å²) in [7, 11) is 1.84. The Labute approximate surface area is 92.2 Å². The Bertz CT molecular complexity index is 309. The van der Waals surface area contributed by atoms with Crippen molar-refractivity contribution >= 4 is 0 Å². The lowest BCUT2D eigenvalue weighted by Gasteiger charge is -2.07. The van der Waals surface area contributed by atoms with E-state index in [9.17, 15) is 13.2 Å². The van der Waals surface area contributed by atoms with Crippen molar-refractivity contribution in [3.05, 3.63) is 24.0 Å². The molecule has 0 saturated heterocycles. The summed E-state index contributed by atoms with van der Waals surface area (Å²) in [4.78, 5) is 0. The molecule has 0 radical (unpaired) electrons. The van der Waals surface area contributed by atoms with Crippen molar-refractivity contribution in [3.8, 4) is 0 Å². The van der Waals surface area contributed by atoms with Crippen molar-refractivity contribution in [2.75, 3.05) is 20.3 Å². The van der Waals surface area contributed by atoms with Crippen LogP contribution < -0.4 is 5.32 Å². The molecule has 92 valence electrons. The first kappa shape index (κ1) is 13.1. The zero-order valence-corrected chi connectivity index (χ0v) is 9.05. The predicted octanol–water partition coefficient (Wildman–Crippen LogP) is 1.79. The van der Waals surface area contributed by atoms with Crippen LogP contribution in [0.25, 0.3) is 0 Å². The molecule has 16 heavy (non-hydrogen) atoms. The smallest absolute Gasteiger partial charge is 0.370 e.